The molecule has 1 aromatic rings. The third-order valence-corrected chi connectivity index (χ3v) is 2.23. The number of imidazole rings is 1. The van der Waals surface area contributed by atoms with E-state index in [-0.39, 0.29) is 3.97 Å². The Morgan fingerprint density at radius 3 is 2.54 bits per heavy atom. The van der Waals surface area contributed by atoms with Gasteiger partial charge >= 0.3 is 21.5 Å². The first-order chi connectivity index (χ1) is 5.84. The summed E-state index contributed by atoms with van der Waals surface area (Å²) in [7, 11) is -5.29. The Balaban J connectivity index is 3.51. The van der Waals surface area contributed by atoms with Crippen molar-refractivity contribution >= 4 is 27.8 Å². The Morgan fingerprint density at radius 2 is 2.23 bits per heavy atom. The van der Waals surface area contributed by atoms with Crippen LogP contribution in [-0.2, 0) is 10.4 Å². The Hall–Kier alpha value is -1.22. The van der Waals surface area contributed by atoms with Gasteiger partial charge in [0.2, 0.25) is 0 Å². The van der Waals surface area contributed by atoms with Gasteiger partial charge in [0.25, 0.3) is 0 Å². The van der Waals surface area contributed by atoms with E-state index in [2.05, 4.69) is 4.98 Å². The minimum Gasteiger partial charge on any atom is -0.358 e. The van der Waals surface area contributed by atoms with Gasteiger partial charge in [0, 0.05) is 0 Å². The van der Waals surface area contributed by atoms with Crippen LogP contribution in [0.1, 0.15) is 0 Å². The summed E-state index contributed by atoms with van der Waals surface area (Å²) in [6.07, 6.45) is 0.541. The highest BCUT2D eigenvalue weighted by molar-refractivity contribution is 7.85. The molecule has 0 aliphatic rings. The highest BCUT2D eigenvalue weighted by Crippen LogP contribution is 2.21. The van der Waals surface area contributed by atoms with Crippen molar-refractivity contribution < 1.29 is 17.2 Å². The highest BCUT2D eigenvalue weighted by Gasteiger charge is 2.30. The van der Waals surface area contributed by atoms with Crippen molar-refractivity contribution in [1.82, 2.24) is 8.96 Å². The number of halogens is 2. The maximum absolute atomic E-state index is 12.3. The SMILES string of the molecule is O=[N+]([O-])c1cnc(Cl)n1S(=O)(=O)F. The zero-order chi connectivity index (χ0) is 10.2. The van der Waals surface area contributed by atoms with Crippen molar-refractivity contribution in [1.29, 1.82) is 0 Å². The van der Waals surface area contributed by atoms with Crippen molar-refractivity contribution in [3.63, 3.8) is 0 Å². The molecule has 1 heterocycles. The standard InChI is InChI=1S/C3HClFN3O4S/c4-3-6-1-2(8(9)10)7(3)13(5,11)12/h1H. The van der Waals surface area contributed by atoms with E-state index in [9.17, 15) is 22.4 Å². The van der Waals surface area contributed by atoms with Crippen molar-refractivity contribution in [2.75, 3.05) is 0 Å². The average Bonchev–Trinajstić information content (AvgIpc) is 2.28. The van der Waals surface area contributed by atoms with Crippen molar-refractivity contribution in [2.45, 2.75) is 0 Å². The van der Waals surface area contributed by atoms with Gasteiger partial charge < -0.3 is 10.1 Å². The Kier molecular flexibility index (Phi) is 2.22. The van der Waals surface area contributed by atoms with Gasteiger partial charge in [-0.3, -0.25) is 0 Å². The lowest BCUT2D eigenvalue weighted by Gasteiger charge is -1.93. The molecule has 1 aromatic heterocycles. The summed E-state index contributed by atoms with van der Waals surface area (Å²) in [5.41, 5.74) is 0. The van der Waals surface area contributed by atoms with E-state index in [0.29, 0.717) is 6.20 Å². The van der Waals surface area contributed by atoms with E-state index >= 15 is 0 Å². The largest absolute Gasteiger partial charge is 0.483 e. The second kappa shape index (κ2) is 2.92. The number of rotatable bonds is 2. The maximum atomic E-state index is 12.3. The molecule has 0 saturated carbocycles. The van der Waals surface area contributed by atoms with Crippen LogP contribution in [-0.4, -0.2) is 22.3 Å². The fraction of sp³-hybridized carbons (Fsp3) is 0. The molecule has 0 atom stereocenters. The summed E-state index contributed by atoms with van der Waals surface area (Å²) in [5.74, 6) is -1.05. The molecule has 0 aromatic carbocycles. The molecule has 0 bridgehead atoms. The number of nitrogens with zero attached hydrogens (tertiary/aromatic N) is 3. The number of nitro groups is 1. The van der Waals surface area contributed by atoms with Gasteiger partial charge in [-0.15, -0.1) is 0 Å². The Labute approximate surface area is 76.2 Å². The van der Waals surface area contributed by atoms with Crippen molar-refractivity contribution in [3.8, 4) is 0 Å². The van der Waals surface area contributed by atoms with Gasteiger partial charge in [0.15, 0.2) is 0 Å². The van der Waals surface area contributed by atoms with Crippen LogP contribution in [0.15, 0.2) is 6.20 Å². The fourth-order valence-corrected chi connectivity index (χ4v) is 1.58. The zero-order valence-corrected chi connectivity index (χ0v) is 7.29. The molecule has 1 rings (SSSR count). The molecule has 0 spiro atoms. The minimum atomic E-state index is -5.29. The predicted octanol–water partition coefficient (Wildman–Crippen LogP) is 0.507. The second-order valence-corrected chi connectivity index (χ2v) is 3.38. The fourth-order valence-electron chi connectivity index (χ4n) is 0.633. The first kappa shape index (κ1) is 9.86. The first-order valence-corrected chi connectivity index (χ1v) is 4.38. The van der Waals surface area contributed by atoms with Crippen LogP contribution in [0.5, 0.6) is 0 Å². The molecule has 0 fully saturated rings. The van der Waals surface area contributed by atoms with Crippen LogP contribution in [0.3, 0.4) is 0 Å². The van der Waals surface area contributed by atoms with Gasteiger partial charge in [-0.2, -0.15) is 13.4 Å². The van der Waals surface area contributed by atoms with E-state index in [0.717, 1.165) is 0 Å². The second-order valence-electron chi connectivity index (χ2n) is 1.85. The van der Waals surface area contributed by atoms with Crippen LogP contribution >= 0.6 is 11.6 Å². The molecule has 0 aliphatic carbocycles. The first-order valence-electron chi connectivity index (χ1n) is 2.67. The molecule has 0 saturated heterocycles. The summed E-state index contributed by atoms with van der Waals surface area (Å²) < 4.78 is 32.6. The van der Waals surface area contributed by atoms with E-state index < -0.39 is 26.4 Å². The lowest BCUT2D eigenvalue weighted by atomic mass is 10.8. The van der Waals surface area contributed by atoms with E-state index in [1.165, 1.54) is 0 Å². The lowest BCUT2D eigenvalue weighted by molar-refractivity contribution is -0.390. The number of hydrogen-bond donors (Lipinski definition) is 0. The Morgan fingerprint density at radius 1 is 1.69 bits per heavy atom. The van der Waals surface area contributed by atoms with Gasteiger partial charge in [0.05, 0.1) is 0 Å². The van der Waals surface area contributed by atoms with Crippen LogP contribution in [0.25, 0.3) is 0 Å². The summed E-state index contributed by atoms with van der Waals surface area (Å²) in [4.78, 5) is 12.1. The molecule has 10 heteroatoms. The van der Waals surface area contributed by atoms with Crippen molar-refractivity contribution in [3.05, 3.63) is 21.6 Å². The van der Waals surface area contributed by atoms with E-state index in [4.69, 9.17) is 11.6 Å². The van der Waals surface area contributed by atoms with Crippen LogP contribution < -0.4 is 0 Å². The van der Waals surface area contributed by atoms with E-state index in [1.54, 1.807) is 0 Å². The van der Waals surface area contributed by atoms with E-state index in [1.807, 2.05) is 0 Å². The minimum absolute atomic E-state index is 0.311. The highest BCUT2D eigenvalue weighted by atomic mass is 35.5. The average molecular weight is 230 g/mol. The number of hydrogen-bond acceptors (Lipinski definition) is 5. The monoisotopic (exact) mass is 229 g/mol. The molecular formula is C3HClFN3O4S. The van der Waals surface area contributed by atoms with Gasteiger partial charge in [-0.1, -0.05) is 7.86 Å². The van der Waals surface area contributed by atoms with Crippen LogP contribution in [0.4, 0.5) is 9.70 Å². The molecule has 72 valence electrons. The maximum Gasteiger partial charge on any atom is 0.483 e. The van der Waals surface area contributed by atoms with Gasteiger partial charge in [-0.25, -0.2) is 0 Å². The summed E-state index contributed by atoms with van der Waals surface area (Å²) >= 11 is 5.10. The summed E-state index contributed by atoms with van der Waals surface area (Å²) in [6.45, 7) is 0. The van der Waals surface area contributed by atoms with Crippen molar-refractivity contribution in [2.24, 2.45) is 0 Å². The smallest absolute Gasteiger partial charge is 0.358 e. The molecule has 0 radical (unpaired) electrons. The molecule has 0 unspecified atom stereocenters. The normalized spacial score (nSPS) is 11.5. The molecular weight excluding hydrogens is 229 g/mol. The molecule has 7 nitrogen and oxygen atoms in total. The predicted molar refractivity (Wildman–Crippen MR) is 39.3 cm³/mol. The molecule has 0 N–H and O–H groups in total. The topological polar surface area (TPSA) is 95.1 Å². The summed E-state index contributed by atoms with van der Waals surface area (Å²) in [5, 5.41) is 9.31. The quantitative estimate of drug-likeness (QED) is 0.418. The van der Waals surface area contributed by atoms with Gasteiger partial charge in [-0.05, 0) is 16.5 Å². The third kappa shape index (κ3) is 1.75. The van der Waals surface area contributed by atoms with Crippen LogP contribution in [0, 0.1) is 10.1 Å². The van der Waals surface area contributed by atoms with Crippen LogP contribution in [0.2, 0.25) is 5.28 Å². The zero-order valence-electron chi connectivity index (χ0n) is 5.72. The molecule has 0 amide bonds. The molecule has 0 aliphatic heterocycles. The third-order valence-electron chi connectivity index (χ3n) is 1.07. The lowest BCUT2D eigenvalue weighted by Crippen LogP contribution is -2.09. The molecule has 13 heavy (non-hydrogen) atoms. The Bertz CT molecular complexity index is 453. The van der Waals surface area contributed by atoms with Gasteiger partial charge in [0.1, 0.15) is 6.20 Å². The number of aromatic nitrogens is 2. The summed E-state index contributed by atoms with van der Waals surface area (Å²) in [6, 6.07) is 0.